The zero-order chi connectivity index (χ0) is 12.4. The second-order valence-corrected chi connectivity index (χ2v) is 4.74. The van der Waals surface area contributed by atoms with Crippen LogP contribution in [0.4, 0.5) is 0 Å². The molecule has 1 atom stereocenters. The van der Waals surface area contributed by atoms with Crippen molar-refractivity contribution in [3.63, 3.8) is 0 Å². The standard InChI is InChI=1S/C12H20N4O.ClH/c1-8(13-2)6-14-12(17)10-7-15-16(3)11(10)9-4-5-9;/h7-9,13H,4-6H2,1-3H3,(H,14,17);1H. The number of halogens is 1. The van der Waals surface area contributed by atoms with Crippen molar-refractivity contribution < 1.29 is 4.79 Å². The first-order valence-electron chi connectivity index (χ1n) is 6.10. The summed E-state index contributed by atoms with van der Waals surface area (Å²) in [5.41, 5.74) is 1.82. The molecule has 1 saturated carbocycles. The second-order valence-electron chi connectivity index (χ2n) is 4.74. The number of carbonyl (C=O) groups excluding carboxylic acids is 1. The van der Waals surface area contributed by atoms with Crippen LogP contribution in [0.25, 0.3) is 0 Å². The highest BCUT2D eigenvalue weighted by atomic mass is 35.5. The first-order chi connectivity index (χ1) is 8.13. The van der Waals surface area contributed by atoms with E-state index in [1.54, 1.807) is 6.20 Å². The maximum atomic E-state index is 12.0. The van der Waals surface area contributed by atoms with Gasteiger partial charge in [-0.25, -0.2) is 0 Å². The van der Waals surface area contributed by atoms with E-state index in [0.717, 1.165) is 11.3 Å². The number of hydrogen-bond acceptors (Lipinski definition) is 3. The van der Waals surface area contributed by atoms with Crippen LogP contribution in [0.2, 0.25) is 0 Å². The highest BCUT2D eigenvalue weighted by Crippen LogP contribution is 2.41. The fourth-order valence-corrected chi connectivity index (χ4v) is 1.91. The van der Waals surface area contributed by atoms with Crippen molar-refractivity contribution in [2.75, 3.05) is 13.6 Å². The van der Waals surface area contributed by atoms with E-state index in [1.165, 1.54) is 12.8 Å². The molecule has 0 bridgehead atoms. The van der Waals surface area contributed by atoms with Crippen molar-refractivity contribution in [2.45, 2.75) is 31.7 Å². The molecule has 2 N–H and O–H groups in total. The molecule has 0 saturated heterocycles. The van der Waals surface area contributed by atoms with Gasteiger partial charge in [-0.15, -0.1) is 12.4 Å². The maximum absolute atomic E-state index is 12.0. The zero-order valence-electron chi connectivity index (χ0n) is 11.1. The minimum absolute atomic E-state index is 0. The van der Waals surface area contributed by atoms with Crippen LogP contribution in [0.5, 0.6) is 0 Å². The van der Waals surface area contributed by atoms with Crippen LogP contribution in [-0.2, 0) is 7.05 Å². The SMILES string of the molecule is CNC(C)CNC(=O)c1cnn(C)c1C1CC1.Cl. The van der Waals surface area contributed by atoms with Crippen molar-refractivity contribution in [1.29, 1.82) is 0 Å². The van der Waals surface area contributed by atoms with Gasteiger partial charge in [0, 0.05) is 25.6 Å². The molecule has 102 valence electrons. The van der Waals surface area contributed by atoms with Crippen molar-refractivity contribution in [3.8, 4) is 0 Å². The van der Waals surface area contributed by atoms with Crippen LogP contribution >= 0.6 is 12.4 Å². The molecule has 0 radical (unpaired) electrons. The molecule has 2 rings (SSSR count). The summed E-state index contributed by atoms with van der Waals surface area (Å²) in [6.45, 7) is 2.67. The van der Waals surface area contributed by atoms with Crippen molar-refractivity contribution in [1.82, 2.24) is 20.4 Å². The number of hydrogen-bond donors (Lipinski definition) is 2. The molecule has 1 aromatic heterocycles. The van der Waals surface area contributed by atoms with Gasteiger partial charge >= 0.3 is 0 Å². The maximum Gasteiger partial charge on any atom is 0.254 e. The second kappa shape index (κ2) is 6.20. The summed E-state index contributed by atoms with van der Waals surface area (Å²) in [6.07, 6.45) is 4.02. The van der Waals surface area contributed by atoms with Gasteiger partial charge in [0.25, 0.3) is 5.91 Å². The van der Waals surface area contributed by atoms with Gasteiger partial charge < -0.3 is 10.6 Å². The van der Waals surface area contributed by atoms with E-state index in [0.29, 0.717) is 12.5 Å². The zero-order valence-corrected chi connectivity index (χ0v) is 11.9. The average Bonchev–Trinajstić information content (AvgIpc) is 3.09. The third-order valence-electron chi connectivity index (χ3n) is 3.25. The Labute approximate surface area is 114 Å². The molecule has 1 unspecified atom stereocenters. The molecule has 0 aliphatic heterocycles. The van der Waals surface area contributed by atoms with Crippen LogP contribution in [0.3, 0.4) is 0 Å². The van der Waals surface area contributed by atoms with Crippen LogP contribution in [-0.4, -0.2) is 35.3 Å². The Balaban J connectivity index is 0.00000162. The molecule has 5 nitrogen and oxygen atoms in total. The van der Waals surface area contributed by atoms with Gasteiger partial charge in [-0.05, 0) is 26.8 Å². The number of nitrogens with one attached hydrogen (secondary N) is 2. The molecular weight excluding hydrogens is 252 g/mol. The first-order valence-corrected chi connectivity index (χ1v) is 6.10. The molecule has 0 spiro atoms. The Morgan fingerprint density at radius 2 is 2.28 bits per heavy atom. The normalized spacial score (nSPS) is 15.9. The lowest BCUT2D eigenvalue weighted by Gasteiger charge is -2.11. The first kappa shape index (κ1) is 15.0. The molecular formula is C12H21ClN4O. The van der Waals surface area contributed by atoms with Crippen LogP contribution in [0, 0.1) is 0 Å². The van der Waals surface area contributed by atoms with Crippen LogP contribution in [0.15, 0.2) is 6.20 Å². The van der Waals surface area contributed by atoms with Crippen LogP contribution in [0.1, 0.15) is 41.7 Å². The molecule has 18 heavy (non-hydrogen) atoms. The number of likely N-dealkylation sites (N-methyl/N-ethyl adjacent to an activating group) is 1. The minimum atomic E-state index is -0.0119. The third kappa shape index (κ3) is 3.23. The molecule has 1 aliphatic carbocycles. The lowest BCUT2D eigenvalue weighted by Crippen LogP contribution is -2.37. The topological polar surface area (TPSA) is 58.9 Å². The van der Waals surface area contributed by atoms with E-state index in [2.05, 4.69) is 15.7 Å². The van der Waals surface area contributed by atoms with Crippen molar-refractivity contribution in [3.05, 3.63) is 17.5 Å². The van der Waals surface area contributed by atoms with E-state index < -0.39 is 0 Å². The lowest BCUT2D eigenvalue weighted by molar-refractivity contribution is 0.0949. The molecule has 1 amide bonds. The molecule has 6 heteroatoms. The van der Waals surface area contributed by atoms with E-state index in [-0.39, 0.29) is 24.4 Å². The van der Waals surface area contributed by atoms with Crippen molar-refractivity contribution in [2.24, 2.45) is 7.05 Å². The average molecular weight is 273 g/mol. The lowest BCUT2D eigenvalue weighted by atomic mass is 10.1. The number of amides is 1. The van der Waals surface area contributed by atoms with E-state index in [1.807, 2.05) is 25.7 Å². The van der Waals surface area contributed by atoms with Crippen molar-refractivity contribution >= 4 is 18.3 Å². The Hall–Kier alpha value is -1.07. The summed E-state index contributed by atoms with van der Waals surface area (Å²) in [6, 6.07) is 0.278. The largest absolute Gasteiger partial charge is 0.350 e. The predicted octanol–water partition coefficient (Wildman–Crippen LogP) is 1.06. The summed E-state index contributed by atoms with van der Waals surface area (Å²) in [4.78, 5) is 12.0. The number of rotatable bonds is 5. The quantitative estimate of drug-likeness (QED) is 0.843. The Morgan fingerprint density at radius 3 is 2.83 bits per heavy atom. The van der Waals surface area contributed by atoms with Crippen LogP contribution < -0.4 is 10.6 Å². The highest BCUT2D eigenvalue weighted by molar-refractivity contribution is 5.95. The fourth-order valence-electron chi connectivity index (χ4n) is 1.91. The molecule has 0 aromatic carbocycles. The Bertz CT molecular complexity index is 414. The number of nitrogens with zero attached hydrogens (tertiary/aromatic N) is 2. The van der Waals surface area contributed by atoms with E-state index in [9.17, 15) is 4.79 Å². The van der Waals surface area contributed by atoms with Gasteiger partial charge in [0.2, 0.25) is 0 Å². The molecule has 1 aromatic rings. The van der Waals surface area contributed by atoms with E-state index in [4.69, 9.17) is 0 Å². The predicted molar refractivity (Wildman–Crippen MR) is 73.3 cm³/mol. The molecule has 1 aliphatic rings. The molecule has 1 fully saturated rings. The summed E-state index contributed by atoms with van der Waals surface area (Å²) in [5, 5.41) is 10.2. The summed E-state index contributed by atoms with van der Waals surface area (Å²) in [7, 11) is 3.79. The smallest absolute Gasteiger partial charge is 0.254 e. The van der Waals surface area contributed by atoms with Gasteiger partial charge in [0.1, 0.15) is 0 Å². The Kier molecular flexibility index (Phi) is 5.16. The van der Waals surface area contributed by atoms with Gasteiger partial charge in [-0.3, -0.25) is 9.48 Å². The number of carbonyl (C=O) groups is 1. The summed E-state index contributed by atoms with van der Waals surface area (Å²) >= 11 is 0. The number of aromatic nitrogens is 2. The summed E-state index contributed by atoms with van der Waals surface area (Å²) < 4.78 is 1.83. The Morgan fingerprint density at radius 1 is 1.61 bits per heavy atom. The van der Waals surface area contributed by atoms with Gasteiger partial charge in [-0.1, -0.05) is 0 Å². The van der Waals surface area contributed by atoms with Gasteiger partial charge in [-0.2, -0.15) is 5.10 Å². The highest BCUT2D eigenvalue weighted by Gasteiger charge is 2.31. The minimum Gasteiger partial charge on any atom is -0.350 e. The fraction of sp³-hybridized carbons (Fsp3) is 0.667. The van der Waals surface area contributed by atoms with Gasteiger partial charge in [0.05, 0.1) is 17.5 Å². The van der Waals surface area contributed by atoms with E-state index >= 15 is 0 Å². The molecule has 1 heterocycles. The monoisotopic (exact) mass is 272 g/mol. The summed E-state index contributed by atoms with van der Waals surface area (Å²) in [5.74, 6) is 0.520. The van der Waals surface area contributed by atoms with Gasteiger partial charge in [0.15, 0.2) is 0 Å². The number of aryl methyl sites for hydroxylation is 1. The third-order valence-corrected chi connectivity index (χ3v) is 3.25.